The Kier molecular flexibility index (Phi) is 9.72. The van der Waals surface area contributed by atoms with Crippen LogP contribution in [-0.2, 0) is 38.0 Å². The van der Waals surface area contributed by atoms with Gasteiger partial charge in [0.1, 0.15) is 24.9 Å². The first-order valence-electron chi connectivity index (χ1n) is 7.24. The van der Waals surface area contributed by atoms with Crippen molar-refractivity contribution in [2.45, 2.75) is 38.3 Å². The Hall–Kier alpha value is -1.22. The Balaban J connectivity index is 5.34. The highest BCUT2D eigenvalue weighted by molar-refractivity contribution is 5.66. The summed E-state index contributed by atoms with van der Waals surface area (Å²) in [6.45, 7) is 1.18. The van der Waals surface area contributed by atoms with E-state index < -0.39 is 42.9 Å². The van der Waals surface area contributed by atoms with Crippen molar-refractivity contribution in [1.82, 2.24) is 0 Å². The average molecular weight is 323 g/mol. The van der Waals surface area contributed by atoms with Crippen molar-refractivity contribution < 1.29 is 39.4 Å². The predicted molar refractivity (Wildman–Crippen MR) is 76.5 cm³/mol. The average Bonchev–Trinajstić information content (AvgIpc) is 2.45. The number of carbonyl (C=O) groups is 2. The maximum absolute atomic E-state index is 11.3. The van der Waals surface area contributed by atoms with Gasteiger partial charge in [0.15, 0.2) is 6.10 Å². The van der Waals surface area contributed by atoms with Gasteiger partial charge in [-0.1, -0.05) is 0 Å². The molecule has 0 saturated heterocycles. The quantitative estimate of drug-likeness (QED) is 0.497. The highest BCUT2D eigenvalue weighted by atomic mass is 16.6. The second-order valence-corrected chi connectivity index (χ2v) is 4.45. The SMILES string of the molecule is [2H]C(OC(C)=O)C(OC)C(OC)C(OC)C(COC)OC(C)=O. The molecule has 130 valence electrons. The molecule has 5 atom stereocenters. The van der Waals surface area contributed by atoms with Crippen molar-refractivity contribution in [3.8, 4) is 0 Å². The lowest BCUT2D eigenvalue weighted by Crippen LogP contribution is -2.51. The van der Waals surface area contributed by atoms with Crippen LogP contribution in [0.4, 0.5) is 0 Å². The second kappa shape index (κ2) is 11.4. The van der Waals surface area contributed by atoms with Crippen molar-refractivity contribution in [3.63, 3.8) is 0 Å². The molecule has 0 aliphatic heterocycles. The van der Waals surface area contributed by atoms with Gasteiger partial charge in [0.05, 0.1) is 7.98 Å². The Morgan fingerprint density at radius 3 is 1.82 bits per heavy atom. The Morgan fingerprint density at radius 1 is 0.909 bits per heavy atom. The molecule has 0 aliphatic carbocycles. The number of methoxy groups -OCH3 is 4. The van der Waals surface area contributed by atoms with Crippen molar-refractivity contribution in [2.75, 3.05) is 41.6 Å². The van der Waals surface area contributed by atoms with Crippen LogP contribution in [0.5, 0.6) is 0 Å². The lowest BCUT2D eigenvalue weighted by atomic mass is 10.0. The van der Waals surface area contributed by atoms with Crippen molar-refractivity contribution in [2.24, 2.45) is 0 Å². The third-order valence-corrected chi connectivity index (χ3v) is 2.85. The molecule has 0 saturated carbocycles. The molecule has 8 nitrogen and oxygen atoms in total. The summed E-state index contributed by atoms with van der Waals surface area (Å²) in [5.41, 5.74) is 0. The molecule has 0 aromatic heterocycles. The summed E-state index contributed by atoms with van der Waals surface area (Å²) in [4.78, 5) is 22.3. The molecule has 0 radical (unpaired) electrons. The number of rotatable bonds is 11. The van der Waals surface area contributed by atoms with Gasteiger partial charge >= 0.3 is 11.9 Å². The Bertz CT molecular complexity index is 365. The van der Waals surface area contributed by atoms with Gasteiger partial charge in [0.25, 0.3) is 0 Å². The normalized spacial score (nSPS) is 18.5. The van der Waals surface area contributed by atoms with Gasteiger partial charge < -0.3 is 28.4 Å². The smallest absolute Gasteiger partial charge is 0.303 e. The first-order valence-corrected chi connectivity index (χ1v) is 6.66. The molecule has 0 bridgehead atoms. The van der Waals surface area contributed by atoms with Crippen LogP contribution >= 0.6 is 0 Å². The van der Waals surface area contributed by atoms with E-state index in [0.29, 0.717) is 0 Å². The van der Waals surface area contributed by atoms with Crippen molar-refractivity contribution in [1.29, 1.82) is 0 Å². The van der Waals surface area contributed by atoms with Crippen LogP contribution < -0.4 is 0 Å². The first kappa shape index (κ1) is 18.8. The molecule has 0 fully saturated rings. The van der Waals surface area contributed by atoms with E-state index in [1.807, 2.05) is 0 Å². The Morgan fingerprint density at radius 2 is 1.45 bits per heavy atom. The Labute approximate surface area is 132 Å². The van der Waals surface area contributed by atoms with Crippen molar-refractivity contribution in [3.05, 3.63) is 0 Å². The minimum Gasteiger partial charge on any atom is -0.463 e. The van der Waals surface area contributed by atoms with Crippen LogP contribution in [0.25, 0.3) is 0 Å². The largest absolute Gasteiger partial charge is 0.463 e. The summed E-state index contributed by atoms with van der Waals surface area (Å²) in [5.74, 6) is -1.13. The molecule has 0 aromatic rings. The zero-order chi connectivity index (χ0) is 18.0. The number of carbonyl (C=O) groups excluding carboxylic acids is 2. The second-order valence-electron chi connectivity index (χ2n) is 4.45. The number of hydrogen-bond acceptors (Lipinski definition) is 8. The fourth-order valence-electron chi connectivity index (χ4n) is 1.96. The lowest BCUT2D eigenvalue weighted by molar-refractivity contribution is -0.185. The van der Waals surface area contributed by atoms with E-state index in [1.165, 1.54) is 42.3 Å². The number of ether oxygens (including phenoxy) is 6. The molecule has 22 heavy (non-hydrogen) atoms. The van der Waals surface area contributed by atoms with Crippen LogP contribution in [0, 0.1) is 0 Å². The van der Waals surface area contributed by atoms with E-state index in [-0.39, 0.29) is 6.61 Å². The van der Waals surface area contributed by atoms with Gasteiger partial charge in [-0.25, -0.2) is 0 Å². The molecule has 0 heterocycles. The fraction of sp³-hybridized carbons (Fsp3) is 0.857. The van der Waals surface area contributed by atoms with E-state index >= 15 is 0 Å². The van der Waals surface area contributed by atoms with Gasteiger partial charge in [-0.3, -0.25) is 9.59 Å². The summed E-state index contributed by atoms with van der Waals surface area (Å²) in [6.07, 6.45) is -3.37. The van der Waals surface area contributed by atoms with Gasteiger partial charge in [-0.2, -0.15) is 0 Å². The molecule has 0 rings (SSSR count). The van der Waals surface area contributed by atoms with E-state index in [1.54, 1.807) is 0 Å². The highest BCUT2D eigenvalue weighted by Crippen LogP contribution is 2.17. The summed E-state index contributed by atoms with van der Waals surface area (Å²) in [5, 5.41) is 0. The lowest BCUT2D eigenvalue weighted by Gasteiger charge is -2.34. The van der Waals surface area contributed by atoms with Crippen molar-refractivity contribution >= 4 is 11.9 Å². The minimum absolute atomic E-state index is 0.0601. The zero-order valence-electron chi connectivity index (χ0n) is 14.9. The van der Waals surface area contributed by atoms with Crippen LogP contribution in [-0.4, -0.2) is 78.0 Å². The van der Waals surface area contributed by atoms with Gasteiger partial charge in [0, 0.05) is 42.3 Å². The summed E-state index contributed by atoms with van der Waals surface area (Å²) in [6, 6.07) is 0. The third-order valence-electron chi connectivity index (χ3n) is 2.85. The predicted octanol–water partition coefficient (Wildman–Crippen LogP) is 0.173. The standard InChI is InChI=1S/C14H26O8/c1-9(15)21-8-11(18-4)13(19-5)14(20-6)12(7-17-3)22-10(2)16/h11-14H,7-8H2,1-6H3/i8D. The third kappa shape index (κ3) is 7.17. The molecule has 0 amide bonds. The number of hydrogen-bond donors (Lipinski definition) is 0. The van der Waals surface area contributed by atoms with Crippen LogP contribution in [0.3, 0.4) is 0 Å². The van der Waals surface area contributed by atoms with Gasteiger partial charge in [0.2, 0.25) is 0 Å². The van der Waals surface area contributed by atoms with E-state index in [0.717, 1.165) is 0 Å². The maximum atomic E-state index is 11.3. The van der Waals surface area contributed by atoms with Crippen LogP contribution in [0.15, 0.2) is 0 Å². The number of esters is 2. The van der Waals surface area contributed by atoms with Crippen LogP contribution in [0.2, 0.25) is 0 Å². The molecule has 0 aromatic carbocycles. The molecule has 0 aliphatic rings. The van der Waals surface area contributed by atoms with E-state index in [9.17, 15) is 9.59 Å². The zero-order valence-corrected chi connectivity index (χ0v) is 13.9. The van der Waals surface area contributed by atoms with E-state index in [2.05, 4.69) is 0 Å². The summed E-state index contributed by atoms with van der Waals surface area (Å²) >= 11 is 0. The summed E-state index contributed by atoms with van der Waals surface area (Å²) in [7, 11) is 5.59. The first-order chi connectivity index (χ1) is 10.8. The van der Waals surface area contributed by atoms with Gasteiger partial charge in [-0.15, -0.1) is 0 Å². The van der Waals surface area contributed by atoms with E-state index in [4.69, 9.17) is 29.8 Å². The molecule has 0 N–H and O–H groups in total. The molecule has 8 heteroatoms. The van der Waals surface area contributed by atoms with Gasteiger partial charge in [-0.05, 0) is 0 Å². The molecular formula is C14H26O8. The topological polar surface area (TPSA) is 89.5 Å². The highest BCUT2D eigenvalue weighted by Gasteiger charge is 2.38. The maximum Gasteiger partial charge on any atom is 0.303 e. The van der Waals surface area contributed by atoms with Crippen LogP contribution in [0.1, 0.15) is 15.2 Å². The molecule has 0 spiro atoms. The monoisotopic (exact) mass is 323 g/mol. The summed E-state index contributed by atoms with van der Waals surface area (Å²) < 4.78 is 38.9. The molecule has 5 unspecified atom stereocenters. The fourth-order valence-corrected chi connectivity index (χ4v) is 1.96. The minimum atomic E-state index is -1.33. The molecular weight excluding hydrogens is 296 g/mol.